The van der Waals surface area contributed by atoms with Crippen molar-refractivity contribution in [2.75, 3.05) is 23.3 Å². The van der Waals surface area contributed by atoms with Crippen LogP contribution in [-0.4, -0.2) is 54.1 Å². The molecule has 0 atom stereocenters. The number of carboxylic acid groups (broad SMARTS) is 1. The standard InChI is InChI=1S/C20H17N7O3S/c1-11-5-15(26-7-13(8-26)24-12-3-2-4-21-6-12)25-18-16(11)17(28)14(19(29)30)9-27(18)20-22-10-23-31-20/h2-6,9-10,13,24H,7-8H2,1H3,(H,29,30). The van der Waals surface area contributed by atoms with Crippen LogP contribution in [0.15, 0.2) is 47.9 Å². The largest absolute Gasteiger partial charge is 0.477 e. The molecule has 156 valence electrons. The van der Waals surface area contributed by atoms with E-state index in [-0.39, 0.29) is 17.0 Å². The molecule has 0 radical (unpaired) electrons. The highest BCUT2D eigenvalue weighted by Crippen LogP contribution is 2.27. The molecule has 0 saturated carbocycles. The average Bonchev–Trinajstić information content (AvgIpc) is 3.25. The molecule has 5 rings (SSSR count). The Morgan fingerprint density at radius 2 is 2.19 bits per heavy atom. The van der Waals surface area contributed by atoms with Crippen LogP contribution in [-0.2, 0) is 0 Å². The van der Waals surface area contributed by atoms with Crippen LogP contribution in [0.4, 0.5) is 11.5 Å². The van der Waals surface area contributed by atoms with Crippen molar-refractivity contribution in [2.24, 2.45) is 0 Å². The van der Waals surface area contributed by atoms with Crippen molar-refractivity contribution in [2.45, 2.75) is 13.0 Å². The first-order valence-electron chi connectivity index (χ1n) is 9.50. The molecule has 0 unspecified atom stereocenters. The number of nitrogens with one attached hydrogen (secondary N) is 1. The molecule has 4 aromatic rings. The van der Waals surface area contributed by atoms with Gasteiger partial charge in [0.05, 0.1) is 17.1 Å². The van der Waals surface area contributed by atoms with E-state index < -0.39 is 11.4 Å². The van der Waals surface area contributed by atoms with E-state index in [1.807, 2.05) is 18.2 Å². The summed E-state index contributed by atoms with van der Waals surface area (Å²) in [6.45, 7) is 3.27. The van der Waals surface area contributed by atoms with Gasteiger partial charge in [0.15, 0.2) is 5.65 Å². The number of aromatic nitrogens is 5. The molecule has 10 nitrogen and oxygen atoms in total. The molecule has 1 saturated heterocycles. The summed E-state index contributed by atoms with van der Waals surface area (Å²) in [6.07, 6.45) is 6.16. The number of carbonyl (C=O) groups is 1. The molecule has 1 fully saturated rings. The van der Waals surface area contributed by atoms with E-state index in [1.54, 1.807) is 19.3 Å². The van der Waals surface area contributed by atoms with Gasteiger partial charge in [0.1, 0.15) is 17.7 Å². The normalized spacial score (nSPS) is 13.9. The van der Waals surface area contributed by atoms with Crippen molar-refractivity contribution in [1.29, 1.82) is 0 Å². The van der Waals surface area contributed by atoms with Crippen LogP contribution >= 0.6 is 11.5 Å². The number of aromatic carboxylic acids is 1. The van der Waals surface area contributed by atoms with E-state index in [2.05, 4.69) is 24.6 Å². The van der Waals surface area contributed by atoms with Crippen LogP contribution in [0, 0.1) is 6.92 Å². The Kier molecular flexibility index (Phi) is 4.59. The van der Waals surface area contributed by atoms with Crippen LogP contribution in [0.2, 0.25) is 0 Å². The number of carboxylic acids is 1. The third-order valence-corrected chi connectivity index (χ3v) is 5.83. The summed E-state index contributed by atoms with van der Waals surface area (Å²) in [7, 11) is 0. The predicted molar refractivity (Wildman–Crippen MR) is 116 cm³/mol. The zero-order valence-electron chi connectivity index (χ0n) is 16.4. The monoisotopic (exact) mass is 435 g/mol. The fourth-order valence-corrected chi connectivity index (χ4v) is 4.16. The lowest BCUT2D eigenvalue weighted by Crippen LogP contribution is -2.55. The summed E-state index contributed by atoms with van der Waals surface area (Å²) in [5, 5.41) is 13.6. The summed E-state index contributed by atoms with van der Waals surface area (Å²) in [5.41, 5.74) is 1.10. The van der Waals surface area contributed by atoms with Crippen LogP contribution < -0.4 is 15.6 Å². The van der Waals surface area contributed by atoms with Gasteiger partial charge in [-0.3, -0.25) is 14.3 Å². The highest BCUT2D eigenvalue weighted by molar-refractivity contribution is 7.08. The van der Waals surface area contributed by atoms with Crippen molar-refractivity contribution in [3.63, 3.8) is 0 Å². The molecule has 1 aliphatic heterocycles. The van der Waals surface area contributed by atoms with E-state index in [0.29, 0.717) is 16.3 Å². The molecule has 11 heteroatoms. The lowest BCUT2D eigenvalue weighted by atomic mass is 10.1. The third kappa shape index (κ3) is 3.38. The van der Waals surface area contributed by atoms with Crippen LogP contribution in [0.25, 0.3) is 16.2 Å². The molecule has 0 amide bonds. The summed E-state index contributed by atoms with van der Waals surface area (Å²) in [4.78, 5) is 39.6. The Bertz CT molecular complexity index is 1330. The Balaban J connectivity index is 1.53. The lowest BCUT2D eigenvalue weighted by Gasteiger charge is -2.41. The molecule has 4 aromatic heterocycles. The molecule has 0 aliphatic carbocycles. The minimum absolute atomic E-state index is 0.252. The quantitative estimate of drug-likeness (QED) is 0.483. The van der Waals surface area contributed by atoms with Crippen molar-refractivity contribution >= 4 is 40.0 Å². The zero-order chi connectivity index (χ0) is 21.5. The number of pyridine rings is 3. The molecule has 0 aromatic carbocycles. The highest BCUT2D eigenvalue weighted by Gasteiger charge is 2.29. The van der Waals surface area contributed by atoms with E-state index in [1.165, 1.54) is 17.1 Å². The summed E-state index contributed by atoms with van der Waals surface area (Å²) < 4.78 is 5.52. The number of nitrogens with zero attached hydrogens (tertiary/aromatic N) is 6. The van der Waals surface area contributed by atoms with Gasteiger partial charge in [-0.1, -0.05) is 0 Å². The van der Waals surface area contributed by atoms with Crippen molar-refractivity contribution in [3.8, 4) is 5.13 Å². The average molecular weight is 435 g/mol. The van der Waals surface area contributed by atoms with Crippen LogP contribution in [0.5, 0.6) is 0 Å². The second-order valence-corrected chi connectivity index (χ2v) is 8.01. The predicted octanol–water partition coefficient (Wildman–Crippen LogP) is 1.94. The van der Waals surface area contributed by atoms with Crippen molar-refractivity contribution < 1.29 is 9.90 Å². The number of aryl methyl sites for hydroxylation is 1. The van der Waals surface area contributed by atoms with Crippen molar-refractivity contribution in [1.82, 2.24) is 23.9 Å². The van der Waals surface area contributed by atoms with Crippen molar-refractivity contribution in [3.05, 3.63) is 64.5 Å². The molecule has 2 N–H and O–H groups in total. The number of rotatable bonds is 5. The van der Waals surface area contributed by atoms with Gasteiger partial charge in [0.25, 0.3) is 0 Å². The molecule has 1 aliphatic rings. The van der Waals surface area contributed by atoms with Gasteiger partial charge < -0.3 is 15.3 Å². The Hall–Kier alpha value is -3.86. The summed E-state index contributed by atoms with van der Waals surface area (Å²) in [5.74, 6) is -0.573. The maximum absolute atomic E-state index is 12.8. The van der Waals surface area contributed by atoms with Gasteiger partial charge in [-0.25, -0.2) is 14.8 Å². The first-order valence-corrected chi connectivity index (χ1v) is 10.3. The Labute approximate surface area is 180 Å². The molecule has 5 heterocycles. The molecule has 0 bridgehead atoms. The fraction of sp³-hybridized carbons (Fsp3) is 0.200. The van der Waals surface area contributed by atoms with Gasteiger partial charge in [0, 0.05) is 43.2 Å². The number of fused-ring (bicyclic) bond motifs is 1. The van der Waals surface area contributed by atoms with E-state index in [9.17, 15) is 14.7 Å². The molecule has 0 spiro atoms. The highest BCUT2D eigenvalue weighted by atomic mass is 32.1. The third-order valence-electron chi connectivity index (χ3n) is 5.17. The summed E-state index contributed by atoms with van der Waals surface area (Å²) in [6, 6.07) is 5.92. The Morgan fingerprint density at radius 1 is 1.35 bits per heavy atom. The lowest BCUT2D eigenvalue weighted by molar-refractivity contribution is 0.0695. The maximum atomic E-state index is 12.8. The number of hydrogen-bond acceptors (Lipinski definition) is 9. The van der Waals surface area contributed by atoms with Gasteiger partial charge in [-0.2, -0.15) is 4.37 Å². The van der Waals surface area contributed by atoms with Crippen LogP contribution in [0.1, 0.15) is 15.9 Å². The van der Waals surface area contributed by atoms with Crippen LogP contribution in [0.3, 0.4) is 0 Å². The summed E-state index contributed by atoms with van der Waals surface area (Å²) >= 11 is 1.10. The van der Waals surface area contributed by atoms with Gasteiger partial charge in [-0.05, 0) is 30.7 Å². The number of hydrogen-bond donors (Lipinski definition) is 2. The molecule has 31 heavy (non-hydrogen) atoms. The minimum Gasteiger partial charge on any atom is -0.477 e. The Morgan fingerprint density at radius 3 is 2.87 bits per heavy atom. The topological polar surface area (TPSA) is 126 Å². The minimum atomic E-state index is -1.29. The van der Waals surface area contributed by atoms with E-state index in [4.69, 9.17) is 4.98 Å². The van der Waals surface area contributed by atoms with Gasteiger partial charge >= 0.3 is 5.97 Å². The van der Waals surface area contributed by atoms with Gasteiger partial charge in [-0.15, -0.1) is 0 Å². The second kappa shape index (κ2) is 7.43. The fourth-order valence-electron chi connectivity index (χ4n) is 3.65. The van der Waals surface area contributed by atoms with E-state index >= 15 is 0 Å². The maximum Gasteiger partial charge on any atom is 0.341 e. The smallest absolute Gasteiger partial charge is 0.341 e. The second-order valence-electron chi connectivity index (χ2n) is 7.25. The first kappa shape index (κ1) is 19.1. The first-order chi connectivity index (χ1) is 15.0. The molecular formula is C20H17N7O3S. The molecular weight excluding hydrogens is 418 g/mol. The SMILES string of the molecule is Cc1cc(N2CC(Nc3cccnc3)C2)nc2c1c(=O)c(C(=O)O)cn2-c1ncns1. The van der Waals surface area contributed by atoms with E-state index in [0.717, 1.165) is 36.1 Å². The van der Waals surface area contributed by atoms with Gasteiger partial charge in [0.2, 0.25) is 10.6 Å². The zero-order valence-corrected chi connectivity index (χ0v) is 17.2. The number of anilines is 2.